The number of alkyl halides is 2. The zero-order chi connectivity index (χ0) is 26.6. The summed E-state index contributed by atoms with van der Waals surface area (Å²) in [7, 11) is 0. The summed E-state index contributed by atoms with van der Waals surface area (Å²) in [6.45, 7) is 5.10. The van der Waals surface area contributed by atoms with Crippen molar-refractivity contribution in [2.45, 2.75) is 57.1 Å². The highest BCUT2D eigenvalue weighted by molar-refractivity contribution is 5.78. The van der Waals surface area contributed by atoms with Gasteiger partial charge in [-0.25, -0.2) is 13.8 Å². The van der Waals surface area contributed by atoms with Crippen LogP contribution in [0.15, 0.2) is 30.3 Å². The second kappa shape index (κ2) is 12.1. The van der Waals surface area contributed by atoms with E-state index in [1.165, 1.54) is 4.57 Å². The van der Waals surface area contributed by atoms with E-state index in [-0.39, 0.29) is 11.9 Å². The highest BCUT2D eigenvalue weighted by Crippen LogP contribution is 2.32. The summed E-state index contributed by atoms with van der Waals surface area (Å²) in [5.41, 5.74) is 1.07. The molecule has 1 aliphatic carbocycles. The number of morpholine rings is 1. The molecular weight excluding hydrogens is 506 g/mol. The van der Waals surface area contributed by atoms with Gasteiger partial charge in [0, 0.05) is 38.4 Å². The van der Waals surface area contributed by atoms with Crippen LogP contribution < -0.4 is 15.0 Å². The average Bonchev–Trinajstić information content (AvgIpc) is 3.38. The fourth-order valence-corrected chi connectivity index (χ4v) is 5.77. The number of anilines is 1. The third-order valence-corrected chi connectivity index (χ3v) is 7.98. The normalized spacial score (nSPS) is 23.0. The third-order valence-electron chi connectivity index (χ3n) is 7.98. The van der Waals surface area contributed by atoms with Gasteiger partial charge in [0.2, 0.25) is 11.8 Å². The summed E-state index contributed by atoms with van der Waals surface area (Å²) in [6.07, 6.45) is 3.46. The molecule has 0 amide bonds. The van der Waals surface area contributed by atoms with Crippen molar-refractivity contribution < 1.29 is 23.0 Å². The lowest BCUT2D eigenvalue weighted by Crippen LogP contribution is -2.39. The van der Waals surface area contributed by atoms with Gasteiger partial charge < -0.3 is 24.4 Å². The van der Waals surface area contributed by atoms with E-state index in [0.29, 0.717) is 66.9 Å². The van der Waals surface area contributed by atoms with E-state index < -0.39 is 6.43 Å². The molecule has 0 spiro atoms. The number of hydrogen-bond donors (Lipinski definition) is 1. The Morgan fingerprint density at radius 3 is 2.44 bits per heavy atom. The van der Waals surface area contributed by atoms with Gasteiger partial charge in [-0.2, -0.15) is 9.97 Å². The molecule has 1 N–H and O–H groups in total. The minimum Gasteiger partial charge on any atom is -0.474 e. The number of nitrogens with one attached hydrogen (secondary N) is 1. The Morgan fingerprint density at radius 2 is 1.67 bits per heavy atom. The van der Waals surface area contributed by atoms with Crippen molar-refractivity contribution in [2.75, 3.05) is 51.0 Å². The molecule has 6 rings (SSSR count). The molecule has 9 nitrogen and oxygen atoms in total. The van der Waals surface area contributed by atoms with Gasteiger partial charge in [0.15, 0.2) is 5.82 Å². The van der Waals surface area contributed by atoms with Crippen LogP contribution in [0.4, 0.5) is 14.7 Å². The van der Waals surface area contributed by atoms with Crippen LogP contribution in [0.25, 0.3) is 16.9 Å². The fraction of sp³-hybridized carbons (Fsp3) is 0.607. The highest BCUT2D eigenvalue weighted by atomic mass is 19.3. The van der Waals surface area contributed by atoms with E-state index in [4.69, 9.17) is 24.2 Å². The first-order chi connectivity index (χ1) is 19.1. The van der Waals surface area contributed by atoms with Gasteiger partial charge in [-0.15, -0.1) is 0 Å². The van der Waals surface area contributed by atoms with Crippen LogP contribution >= 0.6 is 0 Å². The lowest BCUT2D eigenvalue weighted by molar-refractivity contribution is 0.0743. The SMILES string of the molecule is FC(F)c1nc2ccccc2n1-c1cc(OC2CCC(CNC3CCOCC3)CC2)nc(N2CCOCC2)n1. The van der Waals surface area contributed by atoms with Crippen LogP contribution in [-0.2, 0) is 9.47 Å². The Bertz CT molecular complexity index is 1240. The topological polar surface area (TPSA) is 86.6 Å². The van der Waals surface area contributed by atoms with Gasteiger partial charge >= 0.3 is 0 Å². The van der Waals surface area contributed by atoms with Gasteiger partial charge in [0.1, 0.15) is 11.9 Å². The molecule has 3 aromatic rings. The summed E-state index contributed by atoms with van der Waals surface area (Å²) in [5.74, 6) is 1.48. The molecule has 0 unspecified atom stereocenters. The maximum atomic E-state index is 14.1. The van der Waals surface area contributed by atoms with Crippen LogP contribution in [0.1, 0.15) is 50.8 Å². The first-order valence-electron chi connectivity index (χ1n) is 14.1. The fourth-order valence-electron chi connectivity index (χ4n) is 5.77. The number of halogens is 2. The van der Waals surface area contributed by atoms with Crippen molar-refractivity contribution in [2.24, 2.45) is 5.92 Å². The number of para-hydroxylation sites is 2. The molecule has 4 heterocycles. The van der Waals surface area contributed by atoms with Gasteiger partial charge in [0.05, 0.1) is 24.2 Å². The second-order valence-electron chi connectivity index (χ2n) is 10.6. The quantitative estimate of drug-likeness (QED) is 0.451. The number of ether oxygens (including phenoxy) is 3. The molecule has 11 heteroatoms. The molecule has 1 saturated carbocycles. The highest BCUT2D eigenvalue weighted by Gasteiger charge is 2.27. The maximum absolute atomic E-state index is 14.1. The maximum Gasteiger partial charge on any atom is 0.296 e. The molecule has 39 heavy (non-hydrogen) atoms. The molecule has 210 valence electrons. The second-order valence-corrected chi connectivity index (χ2v) is 10.6. The minimum atomic E-state index is -2.76. The molecule has 3 fully saturated rings. The molecule has 2 saturated heterocycles. The summed E-state index contributed by atoms with van der Waals surface area (Å²) in [6, 6.07) is 9.34. The number of nitrogens with zero attached hydrogens (tertiary/aromatic N) is 5. The first-order valence-corrected chi connectivity index (χ1v) is 14.1. The van der Waals surface area contributed by atoms with Gasteiger partial charge in [-0.1, -0.05) is 12.1 Å². The van der Waals surface area contributed by atoms with E-state index in [2.05, 4.69) is 10.3 Å². The van der Waals surface area contributed by atoms with Gasteiger partial charge in [-0.3, -0.25) is 4.57 Å². The molecule has 3 aliphatic rings. The lowest BCUT2D eigenvalue weighted by atomic mass is 9.87. The van der Waals surface area contributed by atoms with Crippen molar-refractivity contribution in [3.05, 3.63) is 36.2 Å². The van der Waals surface area contributed by atoms with E-state index in [1.807, 2.05) is 11.0 Å². The van der Waals surface area contributed by atoms with Crippen LogP contribution in [-0.4, -0.2) is 77.7 Å². The number of aromatic nitrogens is 4. The average molecular weight is 543 g/mol. The molecule has 0 bridgehead atoms. The number of hydrogen-bond acceptors (Lipinski definition) is 8. The van der Waals surface area contributed by atoms with Crippen LogP contribution in [0, 0.1) is 5.92 Å². The first kappa shape index (κ1) is 26.3. The molecule has 2 aromatic heterocycles. The summed E-state index contributed by atoms with van der Waals surface area (Å²) in [5, 5.41) is 3.72. The van der Waals surface area contributed by atoms with Crippen LogP contribution in [0.2, 0.25) is 0 Å². The number of imidazole rings is 1. The van der Waals surface area contributed by atoms with Crippen LogP contribution in [0.5, 0.6) is 5.88 Å². The standard InChI is InChI=1S/C28H36F2N6O3/c29-26(30)27-32-22-3-1-2-4-23(22)36(27)24-17-25(34-28(33-24)35-11-15-38-16-12-35)39-21-7-5-19(6-8-21)18-31-20-9-13-37-14-10-20/h1-4,17,19-21,26,31H,5-16,18H2. The van der Waals surface area contributed by atoms with Crippen molar-refractivity contribution in [3.63, 3.8) is 0 Å². The largest absolute Gasteiger partial charge is 0.474 e. The zero-order valence-corrected chi connectivity index (χ0v) is 22.1. The smallest absolute Gasteiger partial charge is 0.296 e. The van der Waals surface area contributed by atoms with E-state index >= 15 is 0 Å². The molecule has 0 radical (unpaired) electrons. The van der Waals surface area contributed by atoms with E-state index in [0.717, 1.165) is 58.3 Å². The van der Waals surface area contributed by atoms with E-state index in [9.17, 15) is 8.78 Å². The number of fused-ring (bicyclic) bond motifs is 1. The van der Waals surface area contributed by atoms with Crippen molar-refractivity contribution in [1.82, 2.24) is 24.8 Å². The molecular formula is C28H36F2N6O3. The predicted octanol–water partition coefficient (Wildman–Crippen LogP) is 4.30. The summed E-state index contributed by atoms with van der Waals surface area (Å²) >= 11 is 0. The number of rotatable bonds is 8. The summed E-state index contributed by atoms with van der Waals surface area (Å²) < 4.78 is 47.0. The monoisotopic (exact) mass is 542 g/mol. The van der Waals surface area contributed by atoms with Crippen molar-refractivity contribution in [1.29, 1.82) is 0 Å². The lowest BCUT2D eigenvalue weighted by Gasteiger charge is -2.31. The van der Waals surface area contributed by atoms with Gasteiger partial charge in [-0.05, 0) is 63.1 Å². The van der Waals surface area contributed by atoms with Crippen molar-refractivity contribution >= 4 is 17.0 Å². The van der Waals surface area contributed by atoms with Gasteiger partial charge in [0.25, 0.3) is 6.43 Å². The summed E-state index contributed by atoms with van der Waals surface area (Å²) in [4.78, 5) is 15.7. The van der Waals surface area contributed by atoms with E-state index in [1.54, 1.807) is 24.3 Å². The number of benzene rings is 1. The molecule has 2 aliphatic heterocycles. The Morgan fingerprint density at radius 1 is 0.923 bits per heavy atom. The molecule has 1 aromatic carbocycles. The van der Waals surface area contributed by atoms with Crippen LogP contribution in [0.3, 0.4) is 0 Å². The van der Waals surface area contributed by atoms with Crippen molar-refractivity contribution in [3.8, 4) is 11.7 Å². The Kier molecular flexibility index (Phi) is 8.17. The predicted molar refractivity (Wildman–Crippen MR) is 143 cm³/mol. The Hall–Kier alpha value is -2.89. The Balaban J connectivity index is 1.21. The molecule has 0 atom stereocenters. The Labute approximate surface area is 226 Å². The third kappa shape index (κ3) is 6.15. The zero-order valence-electron chi connectivity index (χ0n) is 22.1. The minimum absolute atomic E-state index is 0.0266.